The first-order valence-electron chi connectivity index (χ1n) is 5.22. The van der Waals surface area contributed by atoms with Crippen molar-refractivity contribution >= 4 is 34.1 Å². The summed E-state index contributed by atoms with van der Waals surface area (Å²) in [5.74, 6) is 0. The Hall–Kier alpha value is -2.76. The van der Waals surface area contributed by atoms with Crippen molar-refractivity contribution in [3.05, 3.63) is 36.4 Å². The number of anilines is 6. The van der Waals surface area contributed by atoms with Gasteiger partial charge in [-0.25, -0.2) is 0 Å². The Labute approximate surface area is 106 Å². The van der Waals surface area contributed by atoms with Crippen LogP contribution in [0.25, 0.3) is 0 Å². The number of nitrogens with two attached hydrogens (primary N) is 6. The van der Waals surface area contributed by atoms with E-state index in [0.29, 0.717) is 34.1 Å². The van der Waals surface area contributed by atoms with E-state index in [1.807, 2.05) is 12.1 Å². The number of hydrogen-bond donors (Lipinski definition) is 6. The van der Waals surface area contributed by atoms with Crippen LogP contribution < -0.4 is 34.4 Å². The number of benzene rings is 2. The Bertz CT molecular complexity index is 490. The number of nitrogen functional groups attached to an aromatic ring is 6. The van der Waals surface area contributed by atoms with E-state index in [-0.39, 0.29) is 0 Å². The first-order chi connectivity index (χ1) is 8.43. The topological polar surface area (TPSA) is 156 Å². The minimum Gasteiger partial charge on any atom is -0.397 e. The molecule has 0 unspecified atom stereocenters. The van der Waals surface area contributed by atoms with E-state index >= 15 is 0 Å². The van der Waals surface area contributed by atoms with Crippen LogP contribution in [0.5, 0.6) is 0 Å². The van der Waals surface area contributed by atoms with Crippen LogP contribution in [0.3, 0.4) is 0 Å². The summed E-state index contributed by atoms with van der Waals surface area (Å²) in [7, 11) is 0. The Morgan fingerprint density at radius 3 is 1.06 bits per heavy atom. The standard InChI is InChI=1S/C6H10N4.C6H8N2/c7-3-1-2-4(8)6(10)5(3)9;7-5-3-1-2-4-6(5)8/h1-2H,7-10H2;1-4H,7-8H2. The van der Waals surface area contributed by atoms with Gasteiger partial charge in [0.1, 0.15) is 0 Å². The fraction of sp³-hybridized carbons (Fsp3) is 0. The molecule has 0 saturated heterocycles. The maximum atomic E-state index is 5.45. The van der Waals surface area contributed by atoms with E-state index in [1.165, 1.54) is 0 Å². The lowest BCUT2D eigenvalue weighted by Crippen LogP contribution is -2.02. The minimum absolute atomic E-state index is 0.361. The van der Waals surface area contributed by atoms with E-state index in [4.69, 9.17) is 34.4 Å². The number of hydrogen-bond acceptors (Lipinski definition) is 6. The Balaban J connectivity index is 0.000000184. The van der Waals surface area contributed by atoms with E-state index in [9.17, 15) is 0 Å². The molecule has 0 radical (unpaired) electrons. The van der Waals surface area contributed by atoms with Gasteiger partial charge in [0.15, 0.2) is 0 Å². The molecule has 96 valence electrons. The molecule has 0 aliphatic heterocycles. The van der Waals surface area contributed by atoms with E-state index in [1.54, 1.807) is 24.3 Å². The maximum absolute atomic E-state index is 5.45. The van der Waals surface area contributed by atoms with Crippen molar-refractivity contribution in [1.29, 1.82) is 0 Å². The van der Waals surface area contributed by atoms with Gasteiger partial charge < -0.3 is 34.4 Å². The van der Waals surface area contributed by atoms with Gasteiger partial charge in [0.2, 0.25) is 0 Å². The smallest absolute Gasteiger partial charge is 0.0802 e. The zero-order valence-corrected chi connectivity index (χ0v) is 9.93. The van der Waals surface area contributed by atoms with Crippen LogP contribution in [0, 0.1) is 0 Å². The van der Waals surface area contributed by atoms with Gasteiger partial charge in [-0.2, -0.15) is 0 Å². The Morgan fingerprint density at radius 1 is 0.444 bits per heavy atom. The predicted octanol–water partition coefficient (Wildman–Crippen LogP) is 0.866. The first-order valence-corrected chi connectivity index (χ1v) is 5.22. The number of rotatable bonds is 0. The summed E-state index contributed by atoms with van der Waals surface area (Å²) in [5, 5.41) is 0. The summed E-state index contributed by atoms with van der Waals surface area (Å²) < 4.78 is 0. The molecule has 0 bridgehead atoms. The van der Waals surface area contributed by atoms with E-state index in [2.05, 4.69) is 0 Å². The van der Waals surface area contributed by atoms with Gasteiger partial charge in [-0.1, -0.05) is 12.1 Å². The third-order valence-corrected chi connectivity index (χ3v) is 2.35. The molecule has 18 heavy (non-hydrogen) atoms. The highest BCUT2D eigenvalue weighted by Crippen LogP contribution is 2.27. The molecule has 2 aromatic rings. The molecule has 0 aliphatic carbocycles. The van der Waals surface area contributed by atoms with Crippen molar-refractivity contribution in [3.63, 3.8) is 0 Å². The molecule has 0 aromatic heterocycles. The lowest BCUT2D eigenvalue weighted by molar-refractivity contribution is 1.63. The van der Waals surface area contributed by atoms with Crippen molar-refractivity contribution in [2.45, 2.75) is 0 Å². The second-order valence-electron chi connectivity index (χ2n) is 3.70. The fourth-order valence-electron chi connectivity index (χ4n) is 1.18. The molecule has 0 fully saturated rings. The molecule has 0 atom stereocenters. The molecule has 2 rings (SSSR count). The fourth-order valence-corrected chi connectivity index (χ4v) is 1.18. The van der Waals surface area contributed by atoms with Gasteiger partial charge in [-0.05, 0) is 24.3 Å². The average molecular weight is 246 g/mol. The van der Waals surface area contributed by atoms with Crippen LogP contribution in [0.2, 0.25) is 0 Å². The monoisotopic (exact) mass is 246 g/mol. The molecular formula is C12H18N6. The second-order valence-corrected chi connectivity index (χ2v) is 3.70. The molecule has 6 nitrogen and oxygen atoms in total. The van der Waals surface area contributed by atoms with Crippen LogP contribution in [-0.2, 0) is 0 Å². The third kappa shape index (κ3) is 3.11. The molecule has 2 aromatic carbocycles. The normalized spacial score (nSPS) is 9.33. The van der Waals surface area contributed by atoms with E-state index in [0.717, 1.165) is 0 Å². The van der Waals surface area contributed by atoms with Crippen LogP contribution >= 0.6 is 0 Å². The first kappa shape index (κ1) is 13.3. The highest BCUT2D eigenvalue weighted by atomic mass is 14.8. The second kappa shape index (κ2) is 5.53. The lowest BCUT2D eigenvalue weighted by atomic mass is 10.2. The zero-order valence-electron chi connectivity index (χ0n) is 9.93. The van der Waals surface area contributed by atoms with E-state index < -0.39 is 0 Å². The van der Waals surface area contributed by atoms with Crippen LogP contribution in [-0.4, -0.2) is 0 Å². The van der Waals surface area contributed by atoms with Crippen molar-refractivity contribution < 1.29 is 0 Å². The predicted molar refractivity (Wildman–Crippen MR) is 79.4 cm³/mol. The van der Waals surface area contributed by atoms with Gasteiger partial charge in [0, 0.05) is 0 Å². The SMILES string of the molecule is Nc1ccc(N)c(N)c1N.Nc1ccccc1N. The van der Waals surface area contributed by atoms with Crippen molar-refractivity contribution in [3.8, 4) is 0 Å². The largest absolute Gasteiger partial charge is 0.397 e. The van der Waals surface area contributed by atoms with Gasteiger partial charge in [0.05, 0.1) is 34.1 Å². The highest BCUT2D eigenvalue weighted by molar-refractivity contribution is 5.85. The van der Waals surface area contributed by atoms with Gasteiger partial charge in [-0.15, -0.1) is 0 Å². The van der Waals surface area contributed by atoms with Crippen LogP contribution in [0.4, 0.5) is 34.1 Å². The Kier molecular flexibility index (Phi) is 4.09. The molecule has 0 aliphatic rings. The average Bonchev–Trinajstić information content (AvgIpc) is 2.36. The van der Waals surface area contributed by atoms with Gasteiger partial charge in [0.25, 0.3) is 0 Å². The van der Waals surface area contributed by atoms with Gasteiger partial charge >= 0.3 is 0 Å². The molecular weight excluding hydrogens is 228 g/mol. The summed E-state index contributed by atoms with van der Waals surface area (Å²) >= 11 is 0. The summed E-state index contributed by atoms with van der Waals surface area (Å²) in [6.07, 6.45) is 0. The minimum atomic E-state index is 0.361. The van der Waals surface area contributed by atoms with Crippen molar-refractivity contribution in [1.82, 2.24) is 0 Å². The number of para-hydroxylation sites is 2. The van der Waals surface area contributed by atoms with Gasteiger partial charge in [-0.3, -0.25) is 0 Å². The molecule has 6 heteroatoms. The Morgan fingerprint density at radius 2 is 0.778 bits per heavy atom. The third-order valence-electron chi connectivity index (χ3n) is 2.35. The molecule has 0 amide bonds. The zero-order chi connectivity index (χ0) is 13.7. The molecule has 0 spiro atoms. The lowest BCUT2D eigenvalue weighted by Gasteiger charge is -2.05. The summed E-state index contributed by atoms with van der Waals surface area (Å²) in [4.78, 5) is 0. The highest BCUT2D eigenvalue weighted by Gasteiger charge is 2.00. The van der Waals surface area contributed by atoms with Crippen LogP contribution in [0.15, 0.2) is 36.4 Å². The molecule has 0 saturated carbocycles. The van der Waals surface area contributed by atoms with Crippen molar-refractivity contribution in [2.24, 2.45) is 0 Å². The quantitative estimate of drug-likeness (QED) is 0.378. The van der Waals surface area contributed by atoms with Crippen LogP contribution in [0.1, 0.15) is 0 Å². The molecule has 12 N–H and O–H groups in total. The maximum Gasteiger partial charge on any atom is 0.0802 e. The summed E-state index contributed by atoms with van der Waals surface area (Å²) in [5.41, 5.74) is 35.5. The molecule has 0 heterocycles. The summed E-state index contributed by atoms with van der Waals surface area (Å²) in [6, 6.07) is 10.5. The summed E-state index contributed by atoms with van der Waals surface area (Å²) in [6.45, 7) is 0. The van der Waals surface area contributed by atoms with Crippen molar-refractivity contribution in [2.75, 3.05) is 34.4 Å².